The lowest BCUT2D eigenvalue weighted by Gasteiger charge is -2.12. The molecule has 0 unspecified atom stereocenters. The minimum absolute atomic E-state index is 0.0962. The Balaban J connectivity index is 2.10. The monoisotopic (exact) mass is 389 g/mol. The van der Waals surface area contributed by atoms with Gasteiger partial charge in [0.25, 0.3) is 0 Å². The number of alkyl halides is 3. The van der Waals surface area contributed by atoms with Crippen molar-refractivity contribution in [3.05, 3.63) is 42.1 Å². The zero-order valence-electron chi connectivity index (χ0n) is 14.2. The van der Waals surface area contributed by atoms with Gasteiger partial charge in [0.15, 0.2) is 17.4 Å². The Morgan fingerprint density at radius 3 is 2.52 bits per heavy atom. The van der Waals surface area contributed by atoms with Crippen LogP contribution in [0.15, 0.2) is 30.5 Å². The molecule has 146 valence electrons. The third-order valence-electron chi connectivity index (χ3n) is 3.35. The van der Waals surface area contributed by atoms with E-state index in [1.54, 1.807) is 0 Å². The SMILES string of the molecule is CC(=O)NCCCNc1cc(-c2ccc(OC(F)(F)F)c(F)c2)ncc1F. The molecule has 0 saturated carbocycles. The second-order valence-corrected chi connectivity index (χ2v) is 5.51. The minimum Gasteiger partial charge on any atom is -0.403 e. The average Bonchev–Trinajstić information content (AvgIpc) is 2.56. The first-order valence-corrected chi connectivity index (χ1v) is 7.85. The summed E-state index contributed by atoms with van der Waals surface area (Å²) in [7, 11) is 0. The van der Waals surface area contributed by atoms with Crippen LogP contribution in [-0.4, -0.2) is 30.3 Å². The second kappa shape index (κ2) is 8.65. The van der Waals surface area contributed by atoms with Gasteiger partial charge in [0, 0.05) is 25.6 Å². The van der Waals surface area contributed by atoms with Gasteiger partial charge in [-0.3, -0.25) is 9.78 Å². The third-order valence-corrected chi connectivity index (χ3v) is 3.35. The largest absolute Gasteiger partial charge is 0.573 e. The molecule has 2 aromatic rings. The molecule has 1 aromatic heterocycles. The molecule has 0 saturated heterocycles. The minimum atomic E-state index is -5.01. The molecular weight excluding hydrogens is 373 g/mol. The van der Waals surface area contributed by atoms with E-state index in [0.29, 0.717) is 19.5 Å². The molecule has 0 spiro atoms. The highest BCUT2D eigenvalue weighted by atomic mass is 19.4. The number of nitrogens with one attached hydrogen (secondary N) is 2. The van der Waals surface area contributed by atoms with Gasteiger partial charge in [-0.2, -0.15) is 0 Å². The van der Waals surface area contributed by atoms with Crippen molar-refractivity contribution < 1.29 is 31.5 Å². The van der Waals surface area contributed by atoms with E-state index in [2.05, 4.69) is 20.4 Å². The van der Waals surface area contributed by atoms with Gasteiger partial charge in [0.05, 0.1) is 17.6 Å². The van der Waals surface area contributed by atoms with Crippen LogP contribution in [0.3, 0.4) is 0 Å². The molecule has 10 heteroatoms. The van der Waals surface area contributed by atoms with Gasteiger partial charge in [0.2, 0.25) is 5.91 Å². The van der Waals surface area contributed by atoms with Crippen LogP contribution < -0.4 is 15.4 Å². The van der Waals surface area contributed by atoms with Crippen LogP contribution in [0.25, 0.3) is 11.3 Å². The molecule has 1 heterocycles. The van der Waals surface area contributed by atoms with Gasteiger partial charge in [-0.15, -0.1) is 13.2 Å². The van der Waals surface area contributed by atoms with E-state index >= 15 is 0 Å². The van der Waals surface area contributed by atoms with Crippen molar-refractivity contribution in [3.63, 3.8) is 0 Å². The smallest absolute Gasteiger partial charge is 0.403 e. The molecule has 5 nitrogen and oxygen atoms in total. The Morgan fingerprint density at radius 2 is 1.89 bits per heavy atom. The predicted molar refractivity (Wildman–Crippen MR) is 88.1 cm³/mol. The topological polar surface area (TPSA) is 63.2 Å². The van der Waals surface area contributed by atoms with Crippen molar-refractivity contribution >= 4 is 11.6 Å². The molecule has 0 radical (unpaired) electrons. The maximum Gasteiger partial charge on any atom is 0.573 e. The molecule has 2 rings (SSSR count). The number of aromatic nitrogens is 1. The summed E-state index contributed by atoms with van der Waals surface area (Å²) in [5.74, 6) is -3.01. The van der Waals surface area contributed by atoms with E-state index in [4.69, 9.17) is 0 Å². The number of nitrogens with zero attached hydrogens (tertiary/aromatic N) is 1. The number of anilines is 1. The summed E-state index contributed by atoms with van der Waals surface area (Å²) < 4.78 is 67.8. The molecule has 0 aliphatic carbocycles. The van der Waals surface area contributed by atoms with E-state index in [9.17, 15) is 26.7 Å². The maximum atomic E-state index is 13.8. The molecule has 1 amide bonds. The number of benzene rings is 1. The Kier molecular flexibility index (Phi) is 6.54. The normalized spacial score (nSPS) is 11.2. The van der Waals surface area contributed by atoms with E-state index in [1.807, 2.05) is 0 Å². The molecule has 1 aromatic carbocycles. The zero-order chi connectivity index (χ0) is 20.0. The van der Waals surface area contributed by atoms with Gasteiger partial charge in [-0.1, -0.05) is 0 Å². The lowest BCUT2D eigenvalue weighted by molar-refractivity contribution is -0.275. The Labute approximate surface area is 151 Å². The molecule has 27 heavy (non-hydrogen) atoms. The molecule has 0 aliphatic heterocycles. The summed E-state index contributed by atoms with van der Waals surface area (Å²) in [4.78, 5) is 14.6. The fourth-order valence-corrected chi connectivity index (χ4v) is 2.18. The van der Waals surface area contributed by atoms with E-state index in [-0.39, 0.29) is 22.9 Å². The predicted octanol–water partition coefficient (Wildman–Crippen LogP) is 3.86. The lowest BCUT2D eigenvalue weighted by atomic mass is 10.1. The van der Waals surface area contributed by atoms with Crippen LogP contribution in [0.2, 0.25) is 0 Å². The number of hydrogen-bond donors (Lipinski definition) is 2. The van der Waals surface area contributed by atoms with E-state index in [1.165, 1.54) is 19.1 Å². The van der Waals surface area contributed by atoms with Gasteiger partial charge < -0.3 is 15.4 Å². The summed E-state index contributed by atoms with van der Waals surface area (Å²) in [6.07, 6.45) is -3.55. The van der Waals surface area contributed by atoms with Crippen LogP contribution in [0.4, 0.5) is 27.6 Å². The van der Waals surface area contributed by atoms with Crippen LogP contribution >= 0.6 is 0 Å². The number of carbonyl (C=O) groups is 1. The van der Waals surface area contributed by atoms with Crippen molar-refractivity contribution in [2.24, 2.45) is 0 Å². The van der Waals surface area contributed by atoms with E-state index < -0.39 is 23.7 Å². The van der Waals surface area contributed by atoms with E-state index in [0.717, 1.165) is 18.3 Å². The van der Waals surface area contributed by atoms with Crippen molar-refractivity contribution in [2.75, 3.05) is 18.4 Å². The Morgan fingerprint density at radius 1 is 1.15 bits per heavy atom. The fourth-order valence-electron chi connectivity index (χ4n) is 2.18. The molecule has 0 bridgehead atoms. The number of pyridine rings is 1. The van der Waals surface area contributed by atoms with Crippen molar-refractivity contribution in [1.82, 2.24) is 10.3 Å². The van der Waals surface area contributed by atoms with Crippen molar-refractivity contribution in [2.45, 2.75) is 19.7 Å². The highest BCUT2D eigenvalue weighted by molar-refractivity contribution is 5.72. The second-order valence-electron chi connectivity index (χ2n) is 5.51. The van der Waals surface area contributed by atoms with Gasteiger partial charge in [-0.05, 0) is 30.7 Å². The first-order chi connectivity index (χ1) is 12.7. The summed E-state index contributed by atoms with van der Waals surface area (Å²) in [6, 6.07) is 4.14. The molecule has 0 atom stereocenters. The molecular formula is C17H16F5N3O2. The summed E-state index contributed by atoms with van der Waals surface area (Å²) in [5.41, 5.74) is 0.417. The third kappa shape index (κ3) is 6.39. The first kappa shape index (κ1) is 20.4. The van der Waals surface area contributed by atoms with Gasteiger partial charge in [0.1, 0.15) is 0 Å². The lowest BCUT2D eigenvalue weighted by Crippen LogP contribution is -2.22. The summed E-state index contributed by atoms with van der Waals surface area (Å²) in [6.45, 7) is 2.15. The van der Waals surface area contributed by atoms with Crippen LogP contribution in [0.1, 0.15) is 13.3 Å². The number of amides is 1. The number of carbonyl (C=O) groups excluding carboxylic acids is 1. The number of ether oxygens (including phenoxy) is 1. The Hall–Kier alpha value is -2.91. The molecule has 2 N–H and O–H groups in total. The summed E-state index contributed by atoms with van der Waals surface area (Å²) in [5, 5.41) is 5.41. The molecule has 0 fully saturated rings. The van der Waals surface area contributed by atoms with Crippen molar-refractivity contribution in [1.29, 1.82) is 0 Å². The Bertz CT molecular complexity index is 812. The number of hydrogen-bond acceptors (Lipinski definition) is 4. The fraction of sp³-hybridized carbons (Fsp3) is 0.294. The number of rotatable bonds is 7. The standard InChI is InChI=1S/C17H16F5N3O2/c1-10(26)23-5-2-6-24-15-8-14(25-9-13(15)19)11-3-4-16(12(18)7-11)27-17(20,21)22/h3-4,7-9H,2,5-6H2,1H3,(H,23,26)(H,24,25). The average molecular weight is 389 g/mol. The quantitative estimate of drug-likeness (QED) is 0.558. The summed E-state index contributed by atoms with van der Waals surface area (Å²) >= 11 is 0. The van der Waals surface area contributed by atoms with Gasteiger partial charge >= 0.3 is 6.36 Å². The van der Waals surface area contributed by atoms with Crippen LogP contribution in [-0.2, 0) is 4.79 Å². The first-order valence-electron chi connectivity index (χ1n) is 7.85. The van der Waals surface area contributed by atoms with Crippen LogP contribution in [0, 0.1) is 11.6 Å². The maximum absolute atomic E-state index is 13.8. The van der Waals surface area contributed by atoms with Crippen molar-refractivity contribution in [3.8, 4) is 17.0 Å². The van der Waals surface area contributed by atoms with Crippen LogP contribution in [0.5, 0.6) is 5.75 Å². The zero-order valence-corrected chi connectivity index (χ0v) is 14.2. The highest BCUT2D eigenvalue weighted by Gasteiger charge is 2.32. The number of halogens is 5. The highest BCUT2D eigenvalue weighted by Crippen LogP contribution is 2.30. The molecule has 0 aliphatic rings. The van der Waals surface area contributed by atoms with Gasteiger partial charge in [-0.25, -0.2) is 8.78 Å².